The van der Waals surface area contributed by atoms with Gasteiger partial charge in [-0.15, -0.1) is 16.8 Å². The number of carbonyl (C=O) groups is 2. The number of para-hydroxylation sites is 1. The van der Waals surface area contributed by atoms with Gasteiger partial charge in [-0.2, -0.15) is 0 Å². The molecule has 1 aromatic carbocycles. The zero-order valence-corrected chi connectivity index (χ0v) is 16.5. The van der Waals surface area contributed by atoms with Crippen LogP contribution in [0, 0.1) is 5.82 Å². The predicted molar refractivity (Wildman–Crippen MR) is 103 cm³/mol. The van der Waals surface area contributed by atoms with E-state index in [-0.39, 0.29) is 12.4 Å². The van der Waals surface area contributed by atoms with Crippen molar-refractivity contribution in [3.8, 4) is 5.75 Å². The fourth-order valence-corrected chi connectivity index (χ4v) is 3.04. The van der Waals surface area contributed by atoms with Gasteiger partial charge in [-0.05, 0) is 26.0 Å². The van der Waals surface area contributed by atoms with Crippen LogP contribution in [-0.4, -0.2) is 38.5 Å². The molecular formula is C18H22FN5O3S. The molecule has 150 valence electrons. The van der Waals surface area contributed by atoms with Crippen molar-refractivity contribution in [2.24, 2.45) is 0 Å². The molecule has 28 heavy (non-hydrogen) atoms. The molecule has 0 aliphatic heterocycles. The van der Waals surface area contributed by atoms with Crippen LogP contribution in [0.2, 0.25) is 0 Å². The van der Waals surface area contributed by atoms with Crippen molar-refractivity contribution in [1.29, 1.82) is 0 Å². The standard InChI is InChI=1S/C18H22FN5O3S/c1-4-10-24-15(11-27-14-9-7-6-8-13(14)19)22-23-18(24)28-12(3)16(25)21-17(26)20-5-2/h4,6-9,12H,1,5,10-11H2,2-3H3,(H2,20,21,25,26)/t12-/m0/s1. The maximum atomic E-state index is 13.7. The molecule has 8 nitrogen and oxygen atoms in total. The highest BCUT2D eigenvalue weighted by molar-refractivity contribution is 8.00. The predicted octanol–water partition coefficient (Wildman–Crippen LogP) is 2.51. The maximum absolute atomic E-state index is 13.7. The summed E-state index contributed by atoms with van der Waals surface area (Å²) in [6.45, 7) is 7.92. The van der Waals surface area contributed by atoms with Crippen LogP contribution in [0.1, 0.15) is 19.7 Å². The second-order valence-corrected chi connectivity index (χ2v) is 6.93. The Balaban J connectivity index is 2.06. The molecule has 0 fully saturated rings. The third kappa shape index (κ3) is 5.81. The number of hydrogen-bond acceptors (Lipinski definition) is 6. The minimum absolute atomic E-state index is 0.00180. The fraction of sp³-hybridized carbons (Fsp3) is 0.333. The van der Waals surface area contributed by atoms with Gasteiger partial charge in [0.15, 0.2) is 22.5 Å². The smallest absolute Gasteiger partial charge is 0.321 e. The summed E-state index contributed by atoms with van der Waals surface area (Å²) in [6.07, 6.45) is 1.65. The lowest BCUT2D eigenvalue weighted by molar-refractivity contribution is -0.119. The van der Waals surface area contributed by atoms with Crippen LogP contribution in [0.4, 0.5) is 9.18 Å². The molecule has 1 atom stereocenters. The van der Waals surface area contributed by atoms with Gasteiger partial charge >= 0.3 is 6.03 Å². The number of benzene rings is 1. The van der Waals surface area contributed by atoms with Crippen molar-refractivity contribution in [1.82, 2.24) is 25.4 Å². The Bertz CT molecular complexity index is 842. The summed E-state index contributed by atoms with van der Waals surface area (Å²) in [6, 6.07) is 5.52. The number of rotatable bonds is 9. The molecule has 1 aromatic heterocycles. The zero-order valence-electron chi connectivity index (χ0n) is 15.6. The van der Waals surface area contributed by atoms with Crippen LogP contribution >= 0.6 is 11.8 Å². The van der Waals surface area contributed by atoms with Crippen LogP contribution in [0.5, 0.6) is 5.75 Å². The van der Waals surface area contributed by atoms with E-state index in [0.717, 1.165) is 11.8 Å². The molecule has 2 aromatic rings. The first-order valence-corrected chi connectivity index (χ1v) is 9.49. The number of halogens is 1. The first kappa shape index (κ1) is 21.4. The molecule has 2 rings (SSSR count). The number of amides is 3. The Morgan fingerprint density at radius 1 is 1.39 bits per heavy atom. The summed E-state index contributed by atoms with van der Waals surface area (Å²) in [5, 5.41) is 12.8. The Hall–Kier alpha value is -2.88. The number of carbonyl (C=O) groups excluding carboxylic acids is 2. The van der Waals surface area contributed by atoms with E-state index in [1.807, 2.05) is 0 Å². The Labute approximate surface area is 166 Å². The van der Waals surface area contributed by atoms with Crippen LogP contribution in [0.15, 0.2) is 42.1 Å². The van der Waals surface area contributed by atoms with Gasteiger partial charge in [-0.25, -0.2) is 9.18 Å². The largest absolute Gasteiger partial charge is 0.483 e. The van der Waals surface area contributed by atoms with Gasteiger partial charge in [0.2, 0.25) is 5.91 Å². The SMILES string of the molecule is C=CCn1c(COc2ccccc2F)nnc1S[C@@H](C)C(=O)NC(=O)NCC. The minimum atomic E-state index is -0.587. The number of imide groups is 1. The number of nitrogens with zero attached hydrogens (tertiary/aromatic N) is 3. The highest BCUT2D eigenvalue weighted by Gasteiger charge is 2.21. The monoisotopic (exact) mass is 407 g/mol. The molecule has 0 aliphatic carbocycles. The third-order valence-electron chi connectivity index (χ3n) is 3.52. The van der Waals surface area contributed by atoms with E-state index in [1.165, 1.54) is 12.1 Å². The number of ether oxygens (including phenoxy) is 1. The van der Waals surface area contributed by atoms with Crippen molar-refractivity contribution in [3.05, 3.63) is 48.6 Å². The van der Waals surface area contributed by atoms with Crippen LogP contribution in [0.25, 0.3) is 0 Å². The van der Waals surface area contributed by atoms with Gasteiger partial charge in [-0.3, -0.25) is 14.7 Å². The first-order chi connectivity index (χ1) is 13.5. The molecule has 3 amide bonds. The van der Waals surface area contributed by atoms with Crippen molar-refractivity contribution < 1.29 is 18.7 Å². The molecule has 1 heterocycles. The average molecular weight is 407 g/mol. The topological polar surface area (TPSA) is 98.1 Å². The van der Waals surface area contributed by atoms with Gasteiger partial charge in [0, 0.05) is 13.1 Å². The molecule has 0 radical (unpaired) electrons. The summed E-state index contributed by atoms with van der Waals surface area (Å²) in [7, 11) is 0. The second-order valence-electron chi connectivity index (χ2n) is 5.63. The molecule has 10 heteroatoms. The zero-order chi connectivity index (χ0) is 20.5. The molecule has 0 saturated heterocycles. The summed E-state index contributed by atoms with van der Waals surface area (Å²) in [4.78, 5) is 23.6. The minimum Gasteiger partial charge on any atom is -0.483 e. The molecule has 0 spiro atoms. The number of nitrogens with one attached hydrogen (secondary N) is 2. The van der Waals surface area contributed by atoms with Crippen molar-refractivity contribution >= 4 is 23.7 Å². The number of aromatic nitrogens is 3. The van der Waals surface area contributed by atoms with Crippen LogP contribution < -0.4 is 15.4 Å². The summed E-state index contributed by atoms with van der Waals surface area (Å²) >= 11 is 1.14. The van der Waals surface area contributed by atoms with Gasteiger partial charge in [0.1, 0.15) is 6.61 Å². The maximum Gasteiger partial charge on any atom is 0.321 e. The van der Waals surface area contributed by atoms with Gasteiger partial charge in [0.25, 0.3) is 0 Å². The summed E-state index contributed by atoms with van der Waals surface area (Å²) in [5.74, 6) is -0.350. The van der Waals surface area contributed by atoms with E-state index in [4.69, 9.17) is 4.74 Å². The normalized spacial score (nSPS) is 11.5. The Kier molecular flexibility index (Phi) is 8.00. The van der Waals surface area contributed by atoms with E-state index < -0.39 is 23.0 Å². The fourth-order valence-electron chi connectivity index (χ4n) is 2.16. The lowest BCUT2D eigenvalue weighted by Crippen LogP contribution is -2.42. The van der Waals surface area contributed by atoms with Gasteiger partial charge in [0.05, 0.1) is 5.25 Å². The second kappa shape index (κ2) is 10.5. The number of hydrogen-bond donors (Lipinski definition) is 2. The summed E-state index contributed by atoms with van der Waals surface area (Å²) < 4.78 is 20.9. The number of urea groups is 1. The van der Waals surface area contributed by atoms with Crippen molar-refractivity contribution in [3.63, 3.8) is 0 Å². The molecule has 0 bridgehead atoms. The highest BCUT2D eigenvalue weighted by atomic mass is 32.2. The van der Waals surface area contributed by atoms with E-state index in [0.29, 0.717) is 24.1 Å². The molecule has 0 unspecified atom stereocenters. The Morgan fingerprint density at radius 2 is 2.14 bits per heavy atom. The van der Waals surface area contributed by atoms with Gasteiger partial charge in [-0.1, -0.05) is 30.0 Å². The quantitative estimate of drug-likeness (QED) is 0.490. The first-order valence-electron chi connectivity index (χ1n) is 8.61. The molecule has 0 aliphatic rings. The lowest BCUT2D eigenvalue weighted by Gasteiger charge is -2.13. The summed E-state index contributed by atoms with van der Waals surface area (Å²) in [5.41, 5.74) is 0. The van der Waals surface area contributed by atoms with Crippen LogP contribution in [-0.2, 0) is 17.9 Å². The molecule has 2 N–H and O–H groups in total. The molecular weight excluding hydrogens is 385 g/mol. The molecule has 0 saturated carbocycles. The third-order valence-corrected chi connectivity index (χ3v) is 4.60. The average Bonchev–Trinajstić information content (AvgIpc) is 3.03. The van der Waals surface area contributed by atoms with Crippen molar-refractivity contribution in [2.45, 2.75) is 37.4 Å². The number of thioether (sulfide) groups is 1. The lowest BCUT2D eigenvalue weighted by atomic mass is 10.3. The highest BCUT2D eigenvalue weighted by Crippen LogP contribution is 2.24. The van der Waals surface area contributed by atoms with Crippen molar-refractivity contribution in [2.75, 3.05) is 6.54 Å². The van der Waals surface area contributed by atoms with E-state index in [1.54, 1.807) is 36.6 Å². The van der Waals surface area contributed by atoms with Crippen LogP contribution in [0.3, 0.4) is 0 Å². The number of allylic oxidation sites excluding steroid dienone is 1. The van der Waals surface area contributed by atoms with E-state index in [2.05, 4.69) is 27.4 Å². The van der Waals surface area contributed by atoms with E-state index >= 15 is 0 Å². The Morgan fingerprint density at radius 3 is 2.82 bits per heavy atom. The van der Waals surface area contributed by atoms with E-state index in [9.17, 15) is 14.0 Å². The van der Waals surface area contributed by atoms with Gasteiger partial charge < -0.3 is 10.1 Å².